The van der Waals surface area contributed by atoms with Gasteiger partial charge in [0.15, 0.2) is 0 Å². The van der Waals surface area contributed by atoms with Gasteiger partial charge in [-0.05, 0) is 17.7 Å². The molecule has 1 N–H and O–H groups in total. The second-order valence-corrected chi connectivity index (χ2v) is 4.29. The Morgan fingerprint density at radius 2 is 2.35 bits per heavy atom. The number of nitrogens with one attached hydrogen (secondary N) is 1. The van der Waals surface area contributed by atoms with Crippen LogP contribution in [0.3, 0.4) is 0 Å². The average molecular weight is 250 g/mol. The maximum atomic E-state index is 11.7. The zero-order valence-corrected chi connectivity index (χ0v) is 9.94. The topological polar surface area (TPSA) is 56.1 Å². The van der Waals surface area contributed by atoms with Crippen molar-refractivity contribution in [2.75, 3.05) is 19.6 Å². The van der Waals surface area contributed by atoms with Crippen molar-refractivity contribution in [3.63, 3.8) is 0 Å². The van der Waals surface area contributed by atoms with Crippen LogP contribution in [0.2, 0.25) is 5.02 Å². The number of piperazine rings is 1. The summed E-state index contributed by atoms with van der Waals surface area (Å²) in [6, 6.07) is 8.69. The van der Waals surface area contributed by atoms with Crippen molar-refractivity contribution in [3.05, 3.63) is 34.9 Å². The van der Waals surface area contributed by atoms with Gasteiger partial charge in [-0.25, -0.2) is 0 Å². The lowest BCUT2D eigenvalue weighted by Gasteiger charge is -2.31. The summed E-state index contributed by atoms with van der Waals surface area (Å²) in [7, 11) is 0. The number of benzene rings is 1. The van der Waals surface area contributed by atoms with Crippen LogP contribution < -0.4 is 5.32 Å². The van der Waals surface area contributed by atoms with Crippen LogP contribution in [0.15, 0.2) is 24.3 Å². The van der Waals surface area contributed by atoms with Gasteiger partial charge in [-0.3, -0.25) is 4.79 Å². The highest BCUT2D eigenvalue weighted by molar-refractivity contribution is 6.30. The molecule has 5 heteroatoms. The van der Waals surface area contributed by atoms with Gasteiger partial charge in [-0.1, -0.05) is 23.7 Å². The summed E-state index contributed by atoms with van der Waals surface area (Å²) in [4.78, 5) is 13.3. The van der Waals surface area contributed by atoms with Crippen molar-refractivity contribution >= 4 is 17.5 Å². The van der Waals surface area contributed by atoms with Gasteiger partial charge in [0.2, 0.25) is 5.91 Å². The molecule has 4 nitrogen and oxygen atoms in total. The van der Waals surface area contributed by atoms with Crippen LogP contribution in [0, 0.1) is 11.3 Å². The molecule has 0 saturated carbocycles. The van der Waals surface area contributed by atoms with E-state index in [1.807, 2.05) is 6.07 Å². The summed E-state index contributed by atoms with van der Waals surface area (Å²) < 4.78 is 0. The number of amides is 1. The molecule has 1 aromatic rings. The Hall–Kier alpha value is -1.57. The highest BCUT2D eigenvalue weighted by Crippen LogP contribution is 2.23. The Bertz CT molecular complexity index is 469. The lowest BCUT2D eigenvalue weighted by atomic mass is 10.1. The minimum absolute atomic E-state index is 0.0530. The number of halogens is 1. The fourth-order valence-electron chi connectivity index (χ4n) is 1.90. The largest absolute Gasteiger partial charge is 0.320 e. The Balaban J connectivity index is 2.27. The third kappa shape index (κ3) is 2.57. The minimum atomic E-state index is -0.553. The quantitative estimate of drug-likeness (QED) is 0.861. The molecule has 1 aliphatic heterocycles. The Morgan fingerprint density at radius 3 is 3.00 bits per heavy atom. The lowest BCUT2D eigenvalue weighted by molar-refractivity contribution is -0.133. The van der Waals surface area contributed by atoms with E-state index in [2.05, 4.69) is 11.4 Å². The Kier molecular flexibility index (Phi) is 3.62. The molecule has 1 unspecified atom stereocenters. The zero-order valence-electron chi connectivity index (χ0n) is 9.19. The molecule has 1 heterocycles. The van der Waals surface area contributed by atoms with Gasteiger partial charge >= 0.3 is 0 Å². The SMILES string of the molecule is N#CC(c1cccc(Cl)c1)N1CCNCC1=O. The van der Waals surface area contributed by atoms with E-state index in [9.17, 15) is 10.1 Å². The third-order valence-corrected chi connectivity index (χ3v) is 2.96. The first-order valence-electron chi connectivity index (χ1n) is 5.37. The summed E-state index contributed by atoms with van der Waals surface area (Å²) in [5.74, 6) is -0.0530. The van der Waals surface area contributed by atoms with Gasteiger partial charge in [-0.15, -0.1) is 0 Å². The first kappa shape index (κ1) is 11.9. The van der Waals surface area contributed by atoms with E-state index in [1.165, 1.54) is 0 Å². The first-order chi connectivity index (χ1) is 8.22. The summed E-state index contributed by atoms with van der Waals surface area (Å²) >= 11 is 5.90. The molecule has 1 fully saturated rings. The summed E-state index contributed by atoms with van der Waals surface area (Å²) in [6.45, 7) is 1.55. The fraction of sp³-hybridized carbons (Fsp3) is 0.333. The number of carbonyl (C=O) groups is 1. The summed E-state index contributed by atoms with van der Waals surface area (Å²) in [6.07, 6.45) is 0. The van der Waals surface area contributed by atoms with Gasteiger partial charge in [0, 0.05) is 18.1 Å². The minimum Gasteiger partial charge on any atom is -0.320 e. The zero-order chi connectivity index (χ0) is 12.3. The molecule has 1 aromatic carbocycles. The molecule has 0 aliphatic carbocycles. The molecule has 0 aromatic heterocycles. The summed E-state index contributed by atoms with van der Waals surface area (Å²) in [5.41, 5.74) is 0.759. The second kappa shape index (κ2) is 5.17. The van der Waals surface area contributed by atoms with E-state index in [0.717, 1.165) is 5.56 Å². The smallest absolute Gasteiger partial charge is 0.237 e. The van der Waals surface area contributed by atoms with Crippen molar-refractivity contribution in [1.29, 1.82) is 5.26 Å². The number of hydrogen-bond acceptors (Lipinski definition) is 3. The Morgan fingerprint density at radius 1 is 1.53 bits per heavy atom. The monoisotopic (exact) mass is 249 g/mol. The third-order valence-electron chi connectivity index (χ3n) is 2.72. The van der Waals surface area contributed by atoms with Crippen molar-refractivity contribution in [1.82, 2.24) is 10.2 Å². The maximum absolute atomic E-state index is 11.7. The average Bonchev–Trinajstić information content (AvgIpc) is 2.33. The molecule has 2 rings (SSSR count). The molecule has 88 valence electrons. The molecule has 1 aliphatic rings. The molecule has 1 atom stereocenters. The number of nitriles is 1. The Labute approximate surface area is 105 Å². The molecule has 1 saturated heterocycles. The van der Waals surface area contributed by atoms with E-state index in [1.54, 1.807) is 23.1 Å². The maximum Gasteiger partial charge on any atom is 0.237 e. The predicted molar refractivity (Wildman–Crippen MR) is 64.4 cm³/mol. The predicted octanol–water partition coefficient (Wildman–Crippen LogP) is 1.34. The number of carbonyl (C=O) groups excluding carboxylic acids is 1. The fourth-order valence-corrected chi connectivity index (χ4v) is 2.09. The number of rotatable bonds is 2. The van der Waals surface area contributed by atoms with Crippen LogP contribution in [0.4, 0.5) is 0 Å². The van der Waals surface area contributed by atoms with Gasteiger partial charge < -0.3 is 10.2 Å². The summed E-state index contributed by atoms with van der Waals surface area (Å²) in [5, 5.41) is 12.8. The molecular formula is C12H12ClN3O. The van der Waals surface area contributed by atoms with Gasteiger partial charge in [0.1, 0.15) is 6.04 Å². The van der Waals surface area contributed by atoms with Crippen LogP contribution in [-0.2, 0) is 4.79 Å². The highest BCUT2D eigenvalue weighted by Gasteiger charge is 2.26. The highest BCUT2D eigenvalue weighted by atomic mass is 35.5. The van der Waals surface area contributed by atoms with Crippen LogP contribution >= 0.6 is 11.6 Å². The molecule has 17 heavy (non-hydrogen) atoms. The van der Waals surface area contributed by atoms with Gasteiger partial charge in [-0.2, -0.15) is 5.26 Å². The number of nitrogens with zero attached hydrogens (tertiary/aromatic N) is 2. The van der Waals surface area contributed by atoms with E-state index >= 15 is 0 Å². The molecule has 1 amide bonds. The van der Waals surface area contributed by atoms with E-state index < -0.39 is 6.04 Å². The van der Waals surface area contributed by atoms with Crippen molar-refractivity contribution in [2.45, 2.75) is 6.04 Å². The standard InChI is InChI=1S/C12H12ClN3O/c13-10-3-1-2-9(6-10)11(7-14)16-5-4-15-8-12(16)17/h1-3,6,11,15H,4-5,8H2. The van der Waals surface area contributed by atoms with Gasteiger partial charge in [0.25, 0.3) is 0 Å². The lowest BCUT2D eigenvalue weighted by Crippen LogP contribution is -2.49. The van der Waals surface area contributed by atoms with Crippen LogP contribution in [-0.4, -0.2) is 30.4 Å². The van der Waals surface area contributed by atoms with E-state index in [0.29, 0.717) is 24.7 Å². The molecule has 0 spiro atoms. The van der Waals surface area contributed by atoms with Gasteiger partial charge in [0.05, 0.1) is 12.6 Å². The van der Waals surface area contributed by atoms with Crippen molar-refractivity contribution in [2.24, 2.45) is 0 Å². The molecule has 0 bridgehead atoms. The normalized spacial score (nSPS) is 17.6. The van der Waals surface area contributed by atoms with Crippen LogP contribution in [0.5, 0.6) is 0 Å². The van der Waals surface area contributed by atoms with Crippen LogP contribution in [0.1, 0.15) is 11.6 Å². The van der Waals surface area contributed by atoms with Crippen molar-refractivity contribution in [3.8, 4) is 6.07 Å². The molecular weight excluding hydrogens is 238 g/mol. The van der Waals surface area contributed by atoms with Crippen molar-refractivity contribution < 1.29 is 4.79 Å². The van der Waals surface area contributed by atoms with E-state index in [-0.39, 0.29) is 5.91 Å². The molecule has 0 radical (unpaired) electrons. The van der Waals surface area contributed by atoms with Crippen LogP contribution in [0.25, 0.3) is 0 Å². The van der Waals surface area contributed by atoms with E-state index in [4.69, 9.17) is 11.6 Å². The second-order valence-electron chi connectivity index (χ2n) is 3.85. The first-order valence-corrected chi connectivity index (χ1v) is 5.75. The number of hydrogen-bond donors (Lipinski definition) is 1.